The number of H-pyrrole nitrogens is 1. The first-order valence-electron chi connectivity index (χ1n) is 26.5. The van der Waals surface area contributed by atoms with E-state index in [1.807, 2.05) is 0 Å². The molecule has 0 spiro atoms. The lowest BCUT2D eigenvalue weighted by Gasteiger charge is -2.25. The Balaban J connectivity index is 1.71. The average molecular weight is 1170 g/mol. The number of para-hydroxylation sites is 1. The molecule has 3 rings (SSSR count). The number of benzene rings is 2. The minimum Gasteiger partial charge on any atom is -0.481 e. The Morgan fingerprint density at radius 1 is 0.566 bits per heavy atom. The molecule has 31 nitrogen and oxygen atoms in total. The van der Waals surface area contributed by atoms with Crippen LogP contribution in [0.5, 0.6) is 0 Å². The molecule has 0 radical (unpaired) electrons. The van der Waals surface area contributed by atoms with E-state index in [0.29, 0.717) is 41.3 Å². The number of guanidine groups is 1. The quantitative estimate of drug-likeness (QED) is 0.0144. The maximum absolute atomic E-state index is 13.9. The second kappa shape index (κ2) is 35.5. The summed E-state index contributed by atoms with van der Waals surface area (Å²) in [6.45, 7) is -0.948. The number of aliphatic imine (C=N–C) groups is 1. The topological polar surface area (TPSA) is 532 Å². The van der Waals surface area contributed by atoms with Gasteiger partial charge in [-0.2, -0.15) is 0 Å². The summed E-state index contributed by atoms with van der Waals surface area (Å²) in [6, 6.07) is 4.13. The van der Waals surface area contributed by atoms with Crippen molar-refractivity contribution in [2.75, 3.05) is 32.8 Å². The van der Waals surface area contributed by atoms with Crippen LogP contribution < -0.4 is 76.5 Å². The second-order valence-electron chi connectivity index (χ2n) is 19.2. The van der Waals surface area contributed by atoms with Crippen LogP contribution >= 0.6 is 0 Å². The summed E-state index contributed by atoms with van der Waals surface area (Å²) in [7, 11) is 0. The Morgan fingerprint density at radius 2 is 1.11 bits per heavy atom. The van der Waals surface area contributed by atoms with E-state index in [0.717, 1.165) is 0 Å². The number of aromatic nitrogens is 1. The molecule has 10 amide bonds. The van der Waals surface area contributed by atoms with Crippen LogP contribution in [-0.4, -0.2) is 178 Å². The van der Waals surface area contributed by atoms with Gasteiger partial charge in [0.2, 0.25) is 59.1 Å². The molecule has 0 aliphatic carbocycles. The Morgan fingerprint density at radius 3 is 1.73 bits per heavy atom. The van der Waals surface area contributed by atoms with Gasteiger partial charge in [-0.1, -0.05) is 48.5 Å². The number of rotatable bonds is 38. The lowest BCUT2D eigenvalue weighted by molar-refractivity contribution is -0.142. The first-order valence-corrected chi connectivity index (χ1v) is 26.5. The highest BCUT2D eigenvalue weighted by atomic mass is 16.4. The number of aliphatic hydroxyl groups is 1. The average Bonchev–Trinajstić information content (AvgIpc) is 3.94. The highest BCUT2D eigenvalue weighted by Gasteiger charge is 2.33. The number of nitrogens with zero attached hydrogens (tertiary/aromatic N) is 1. The molecule has 83 heavy (non-hydrogen) atoms. The molecule has 1 heterocycles. The summed E-state index contributed by atoms with van der Waals surface area (Å²) in [5.74, 6) is -12.3. The standard InChI is InChI=1S/C52H76N16O15/c1-28(44(75)64-34(17-19-43(73)74)46(77)60-26-42(72)63-35(16-18-40(55)70)48(79)65-36(51(82)83)15-7-8-20-53)62-41(71)25-61-47(78)38(23-30-24-59-33-14-6-5-12-31(30)33)67-50(81)39(27-69)68-49(80)37(22-29-10-3-2-4-11-29)66-45(76)32(54)13-9-21-58-52(56)57/h2-6,10-12,14,24,28,32,34-39,59,69H,7-9,13,15-23,25-27,53-54H2,1H3,(H2,55,70)(H,60,77)(H,61,78)(H,62,71)(H,63,72)(H,64,75)(H,65,79)(H,66,76)(H,67,81)(H,68,80)(H,73,74)(H,82,83)(H4,56,57,58)/t28-,32-,34-,35-,36-,37-,38-,39-/m0/s1. The zero-order chi connectivity index (χ0) is 61.6. The maximum atomic E-state index is 13.9. The van der Waals surface area contributed by atoms with Gasteiger partial charge in [0.05, 0.1) is 25.7 Å². The Hall–Kier alpha value is -9.23. The smallest absolute Gasteiger partial charge is 0.326 e. The molecule has 2 aromatic carbocycles. The summed E-state index contributed by atoms with van der Waals surface area (Å²) >= 11 is 0. The minimum atomic E-state index is -1.69. The number of amides is 10. The Bertz CT molecular complexity index is 2760. The molecule has 454 valence electrons. The Labute approximate surface area is 476 Å². The molecule has 8 atom stereocenters. The van der Waals surface area contributed by atoms with Crippen molar-refractivity contribution in [3.05, 3.63) is 71.9 Å². The predicted octanol–water partition coefficient (Wildman–Crippen LogP) is -5.68. The number of aliphatic hydroxyl groups excluding tert-OH is 1. The number of unbranched alkanes of at least 4 members (excludes halogenated alkanes) is 1. The summed E-state index contributed by atoms with van der Waals surface area (Å²) in [4.78, 5) is 163. The summed E-state index contributed by atoms with van der Waals surface area (Å²) in [5, 5.41) is 51.4. The van der Waals surface area contributed by atoms with Gasteiger partial charge in [0.25, 0.3) is 0 Å². The van der Waals surface area contributed by atoms with E-state index in [1.54, 1.807) is 60.8 Å². The van der Waals surface area contributed by atoms with E-state index in [4.69, 9.17) is 28.7 Å². The van der Waals surface area contributed by atoms with Gasteiger partial charge in [-0.3, -0.25) is 57.7 Å². The van der Waals surface area contributed by atoms with Crippen molar-refractivity contribution in [1.29, 1.82) is 0 Å². The van der Waals surface area contributed by atoms with Crippen LogP contribution in [0.25, 0.3) is 10.9 Å². The zero-order valence-electron chi connectivity index (χ0n) is 45.8. The monoisotopic (exact) mass is 1160 g/mol. The molecular formula is C52H76N16O15. The van der Waals surface area contributed by atoms with Crippen LogP contribution in [0.2, 0.25) is 0 Å². The molecule has 31 heteroatoms. The van der Waals surface area contributed by atoms with Crippen LogP contribution in [-0.2, 0) is 70.4 Å². The molecule has 0 fully saturated rings. The van der Waals surface area contributed by atoms with Gasteiger partial charge in [-0.15, -0.1) is 0 Å². The van der Waals surface area contributed by atoms with Crippen molar-refractivity contribution in [2.45, 2.75) is 126 Å². The van der Waals surface area contributed by atoms with E-state index >= 15 is 0 Å². The normalized spacial score (nSPS) is 13.8. The largest absolute Gasteiger partial charge is 0.481 e. The predicted molar refractivity (Wildman–Crippen MR) is 298 cm³/mol. The van der Waals surface area contributed by atoms with Crippen molar-refractivity contribution in [2.24, 2.45) is 33.7 Å². The van der Waals surface area contributed by atoms with Gasteiger partial charge in [0.1, 0.15) is 42.3 Å². The first kappa shape index (κ1) is 68.0. The van der Waals surface area contributed by atoms with Crippen LogP contribution in [0.3, 0.4) is 0 Å². The summed E-state index contributed by atoms with van der Waals surface area (Å²) in [6.07, 6.45) is 0.743. The van der Waals surface area contributed by atoms with E-state index < -0.39 is 158 Å². The minimum absolute atomic E-state index is 0.00708. The summed E-state index contributed by atoms with van der Waals surface area (Å²) in [5.41, 5.74) is 29.4. The first-order chi connectivity index (χ1) is 39.4. The van der Waals surface area contributed by atoms with Crippen molar-refractivity contribution in [1.82, 2.24) is 52.8 Å². The van der Waals surface area contributed by atoms with Gasteiger partial charge in [0, 0.05) is 49.3 Å². The summed E-state index contributed by atoms with van der Waals surface area (Å²) < 4.78 is 0. The fourth-order valence-electron chi connectivity index (χ4n) is 8.05. The SMILES string of the molecule is C[C@H](NC(=O)CNC(=O)[C@H](Cc1c[nH]c2ccccc12)NC(=O)[C@H](CO)NC(=O)[C@H](Cc1ccccc1)NC(=O)[C@@H](N)CCCN=C(N)N)C(=O)N[C@@H](CCC(=O)O)C(=O)NCC(=O)N[C@@H](CCC(N)=O)C(=O)N[C@@H](CCCCN)C(=O)O. The molecule has 0 aliphatic heterocycles. The number of carbonyl (C=O) groups is 12. The number of carbonyl (C=O) groups excluding carboxylic acids is 10. The van der Waals surface area contributed by atoms with Crippen LogP contribution in [0, 0.1) is 0 Å². The molecule has 3 aromatic rings. The zero-order valence-corrected chi connectivity index (χ0v) is 45.8. The number of fused-ring (bicyclic) bond motifs is 1. The number of aromatic amines is 1. The molecule has 0 unspecified atom stereocenters. The third kappa shape index (κ3) is 25.0. The highest BCUT2D eigenvalue weighted by molar-refractivity contribution is 5.98. The second-order valence-corrected chi connectivity index (χ2v) is 19.2. The van der Waals surface area contributed by atoms with Gasteiger partial charge in [0.15, 0.2) is 5.96 Å². The highest BCUT2D eigenvalue weighted by Crippen LogP contribution is 2.19. The number of nitrogens with two attached hydrogens (primary N) is 5. The number of carboxylic acid groups (broad SMARTS) is 2. The lowest BCUT2D eigenvalue weighted by Crippen LogP contribution is -2.59. The fourth-order valence-corrected chi connectivity index (χ4v) is 8.05. The molecule has 0 aliphatic rings. The molecule has 1 aromatic heterocycles. The number of primary amides is 1. The third-order valence-corrected chi connectivity index (χ3v) is 12.6. The van der Waals surface area contributed by atoms with Gasteiger partial charge in [-0.25, -0.2) is 4.79 Å². The molecular weight excluding hydrogens is 1090 g/mol. The van der Waals surface area contributed by atoms with E-state index in [-0.39, 0.29) is 51.2 Å². The Kier molecular flexibility index (Phi) is 29.1. The van der Waals surface area contributed by atoms with Crippen LogP contribution in [0.15, 0.2) is 65.8 Å². The fraction of sp³-hybridized carbons (Fsp3) is 0.481. The van der Waals surface area contributed by atoms with E-state index in [1.165, 1.54) is 6.92 Å². The van der Waals surface area contributed by atoms with Gasteiger partial charge in [-0.05, 0) is 75.6 Å². The third-order valence-electron chi connectivity index (χ3n) is 12.6. The lowest BCUT2D eigenvalue weighted by atomic mass is 10.0. The van der Waals surface area contributed by atoms with E-state index in [2.05, 4.69) is 57.8 Å². The van der Waals surface area contributed by atoms with E-state index in [9.17, 15) is 72.9 Å². The molecule has 0 saturated carbocycles. The molecule has 0 saturated heterocycles. The van der Waals surface area contributed by atoms with Crippen LogP contribution in [0.1, 0.15) is 75.8 Å². The number of aliphatic carboxylic acids is 2. The molecule has 23 N–H and O–H groups in total. The van der Waals surface area contributed by atoms with Crippen molar-refractivity contribution in [3.8, 4) is 0 Å². The number of nitrogens with one attached hydrogen (secondary N) is 10. The number of carboxylic acids is 2. The maximum Gasteiger partial charge on any atom is 0.326 e. The van der Waals surface area contributed by atoms with Gasteiger partial charge < -0.3 is 96.8 Å². The van der Waals surface area contributed by atoms with Crippen molar-refractivity contribution >= 4 is 87.9 Å². The number of hydrogen-bond donors (Lipinski definition) is 18. The van der Waals surface area contributed by atoms with Crippen LogP contribution in [0.4, 0.5) is 0 Å². The van der Waals surface area contributed by atoms with Gasteiger partial charge >= 0.3 is 11.9 Å². The van der Waals surface area contributed by atoms with Crippen molar-refractivity contribution < 1.29 is 72.9 Å². The van der Waals surface area contributed by atoms with Crippen molar-refractivity contribution in [3.63, 3.8) is 0 Å². The molecule has 0 bridgehead atoms. The number of hydrogen-bond acceptors (Lipinski definition) is 16.